The molecule has 0 atom stereocenters. The van der Waals surface area contributed by atoms with E-state index in [1.807, 2.05) is 71.5 Å². The molecule has 2 aromatic carbocycles. The first-order valence-corrected chi connectivity index (χ1v) is 10.2. The van der Waals surface area contributed by atoms with Gasteiger partial charge in [-0.15, -0.1) is 0 Å². The lowest BCUT2D eigenvalue weighted by atomic mass is 10.0. The second-order valence-electron chi connectivity index (χ2n) is 7.41. The summed E-state index contributed by atoms with van der Waals surface area (Å²) in [7, 11) is 0. The number of benzene rings is 2. The van der Waals surface area contributed by atoms with Crippen molar-refractivity contribution in [2.75, 3.05) is 5.73 Å². The number of halogens is 1. The fraction of sp³-hybridized carbons (Fsp3) is 0. The third-order valence-corrected chi connectivity index (χ3v) is 5.87. The van der Waals surface area contributed by atoms with Crippen molar-refractivity contribution in [3.05, 3.63) is 90.4 Å². The van der Waals surface area contributed by atoms with Crippen LogP contribution in [0.15, 0.2) is 85.3 Å². The number of anilines is 1. The van der Waals surface area contributed by atoms with Crippen LogP contribution in [0.25, 0.3) is 50.0 Å². The summed E-state index contributed by atoms with van der Waals surface area (Å²) in [5.41, 5.74) is 12.6. The van der Waals surface area contributed by atoms with Crippen molar-refractivity contribution in [3.8, 4) is 22.4 Å². The van der Waals surface area contributed by atoms with Crippen LogP contribution in [0.1, 0.15) is 0 Å². The lowest BCUT2D eigenvalue weighted by Crippen LogP contribution is -1.99. The standard InChI is InChI=1S/C25H16ClN5/c26-20-11-16-9-10-21(15-5-2-1-3-6-15)30-22(16)12-18(20)19-13-31(17-7-4-8-17)25-23(19)24(27)28-14-29-25/h1-14H,(H2,27,28,29). The molecule has 3 heterocycles. The highest BCUT2D eigenvalue weighted by Crippen LogP contribution is 2.40. The molecular weight excluding hydrogens is 406 g/mol. The summed E-state index contributed by atoms with van der Waals surface area (Å²) in [4.78, 5) is 13.6. The van der Waals surface area contributed by atoms with Gasteiger partial charge in [-0.3, -0.25) is 0 Å². The van der Waals surface area contributed by atoms with Crippen LogP contribution in [-0.2, 0) is 0 Å². The van der Waals surface area contributed by atoms with Crippen molar-refractivity contribution >= 4 is 45.1 Å². The van der Waals surface area contributed by atoms with Gasteiger partial charge in [0.15, 0.2) is 5.65 Å². The summed E-state index contributed by atoms with van der Waals surface area (Å²) < 4.78 is 2.01. The van der Waals surface area contributed by atoms with E-state index >= 15 is 0 Å². The molecule has 0 unspecified atom stereocenters. The normalized spacial score (nSPS) is 12.9. The molecule has 0 fully saturated rings. The van der Waals surface area contributed by atoms with Gasteiger partial charge in [0.05, 0.1) is 16.6 Å². The summed E-state index contributed by atoms with van der Waals surface area (Å²) in [6.07, 6.45) is 9.54. The van der Waals surface area contributed by atoms with E-state index in [0.29, 0.717) is 10.8 Å². The van der Waals surface area contributed by atoms with Crippen molar-refractivity contribution in [2.45, 2.75) is 0 Å². The molecule has 0 radical (unpaired) electrons. The topological polar surface area (TPSA) is 69.6 Å². The summed E-state index contributed by atoms with van der Waals surface area (Å²) in [5.74, 6) is 0.421. The Kier molecular flexibility index (Phi) is 3.91. The van der Waals surface area contributed by atoms with Crippen LogP contribution in [0.4, 0.5) is 5.82 Å². The molecule has 1 aliphatic rings. The summed E-state index contributed by atoms with van der Waals surface area (Å²) in [6.45, 7) is 0. The maximum absolute atomic E-state index is 6.74. The first-order valence-electron chi connectivity index (χ1n) is 9.85. The van der Waals surface area contributed by atoms with E-state index in [-0.39, 0.29) is 0 Å². The van der Waals surface area contributed by atoms with E-state index in [1.165, 1.54) is 6.33 Å². The van der Waals surface area contributed by atoms with E-state index in [1.54, 1.807) is 0 Å². The van der Waals surface area contributed by atoms with Gasteiger partial charge in [0.25, 0.3) is 0 Å². The molecule has 148 valence electrons. The summed E-state index contributed by atoms with van der Waals surface area (Å²) in [5, 5.41) is 2.39. The average Bonchev–Trinajstić information content (AvgIpc) is 3.12. The van der Waals surface area contributed by atoms with Crippen molar-refractivity contribution in [1.82, 2.24) is 19.5 Å². The highest BCUT2D eigenvalue weighted by molar-refractivity contribution is 6.34. The fourth-order valence-corrected chi connectivity index (χ4v) is 4.22. The number of hydrogen-bond acceptors (Lipinski definition) is 4. The number of rotatable bonds is 3. The van der Waals surface area contributed by atoms with E-state index in [4.69, 9.17) is 22.3 Å². The molecule has 6 heteroatoms. The number of nitrogen functional groups attached to an aromatic ring is 1. The minimum atomic E-state index is 0.421. The van der Waals surface area contributed by atoms with Crippen LogP contribution in [0.2, 0.25) is 5.02 Å². The van der Waals surface area contributed by atoms with Gasteiger partial charge < -0.3 is 10.3 Å². The van der Waals surface area contributed by atoms with Crippen LogP contribution in [0.5, 0.6) is 0 Å². The molecule has 0 amide bonds. The van der Waals surface area contributed by atoms with Crippen molar-refractivity contribution in [1.29, 1.82) is 0 Å². The Bertz CT molecular complexity index is 1550. The first kappa shape index (κ1) is 17.9. The fourth-order valence-electron chi connectivity index (χ4n) is 3.95. The number of nitrogens with two attached hydrogens (primary N) is 1. The highest BCUT2D eigenvalue weighted by atomic mass is 35.5. The smallest absolute Gasteiger partial charge is 0.150 e. The Balaban J connectivity index is 1.59. The van der Waals surface area contributed by atoms with Gasteiger partial charge in [-0.05, 0) is 30.4 Å². The zero-order chi connectivity index (χ0) is 20.9. The molecule has 0 spiro atoms. The van der Waals surface area contributed by atoms with Gasteiger partial charge >= 0.3 is 0 Å². The third-order valence-electron chi connectivity index (χ3n) is 5.56. The molecule has 3 aromatic heterocycles. The predicted molar refractivity (Wildman–Crippen MR) is 127 cm³/mol. The lowest BCUT2D eigenvalue weighted by molar-refractivity contribution is 1.10. The van der Waals surface area contributed by atoms with E-state index in [0.717, 1.165) is 50.0 Å². The van der Waals surface area contributed by atoms with Gasteiger partial charge in [-0.1, -0.05) is 54.1 Å². The number of pyridine rings is 1. The molecule has 0 bridgehead atoms. The number of nitrogens with zero attached hydrogens (tertiary/aromatic N) is 4. The van der Waals surface area contributed by atoms with Crippen LogP contribution in [0.3, 0.4) is 0 Å². The van der Waals surface area contributed by atoms with Gasteiger partial charge in [0, 0.05) is 39.0 Å². The van der Waals surface area contributed by atoms with Crippen molar-refractivity contribution in [2.24, 2.45) is 0 Å². The second kappa shape index (κ2) is 6.79. The molecular formula is C25H16ClN5. The number of hydrogen-bond donors (Lipinski definition) is 1. The van der Waals surface area contributed by atoms with Gasteiger partial charge in [0.2, 0.25) is 0 Å². The van der Waals surface area contributed by atoms with E-state index in [2.05, 4.69) is 22.1 Å². The lowest BCUT2D eigenvalue weighted by Gasteiger charge is -2.09. The molecule has 0 aliphatic heterocycles. The SMILES string of the molecule is Nc1ncnc2c1c(-c1cc3nc(-c4ccccc4)ccc3cc1Cl)cn2C1=CC=C1. The maximum Gasteiger partial charge on any atom is 0.150 e. The largest absolute Gasteiger partial charge is 0.383 e. The zero-order valence-electron chi connectivity index (χ0n) is 16.3. The predicted octanol–water partition coefficient (Wildman–Crippen LogP) is 5.96. The summed E-state index contributed by atoms with van der Waals surface area (Å²) in [6, 6.07) is 18.1. The average molecular weight is 422 g/mol. The Morgan fingerprint density at radius 3 is 2.55 bits per heavy atom. The van der Waals surface area contributed by atoms with Gasteiger partial charge in [0.1, 0.15) is 12.1 Å². The molecule has 6 rings (SSSR count). The molecule has 1 aliphatic carbocycles. The quantitative estimate of drug-likeness (QED) is 0.390. The second-order valence-corrected chi connectivity index (χ2v) is 7.82. The van der Waals surface area contributed by atoms with Crippen LogP contribution < -0.4 is 5.73 Å². The Hall–Kier alpha value is -3.96. The van der Waals surface area contributed by atoms with Crippen LogP contribution in [0, 0.1) is 0 Å². The minimum absolute atomic E-state index is 0.421. The number of aromatic nitrogens is 4. The Morgan fingerprint density at radius 2 is 1.77 bits per heavy atom. The first-order chi connectivity index (χ1) is 15.2. The van der Waals surface area contributed by atoms with Crippen molar-refractivity contribution < 1.29 is 0 Å². The minimum Gasteiger partial charge on any atom is -0.383 e. The Labute approximate surface area is 183 Å². The monoisotopic (exact) mass is 421 g/mol. The molecule has 0 saturated carbocycles. The zero-order valence-corrected chi connectivity index (χ0v) is 17.1. The molecule has 31 heavy (non-hydrogen) atoms. The van der Waals surface area contributed by atoms with Crippen LogP contribution in [-0.4, -0.2) is 19.5 Å². The molecule has 2 N–H and O–H groups in total. The van der Waals surface area contributed by atoms with Crippen LogP contribution >= 0.6 is 11.6 Å². The third kappa shape index (κ3) is 2.82. The van der Waals surface area contributed by atoms with E-state index < -0.39 is 0 Å². The van der Waals surface area contributed by atoms with Gasteiger partial charge in [-0.25, -0.2) is 15.0 Å². The number of allylic oxidation sites excluding steroid dienone is 4. The molecule has 5 aromatic rings. The molecule has 0 saturated heterocycles. The Morgan fingerprint density at radius 1 is 0.935 bits per heavy atom. The van der Waals surface area contributed by atoms with Crippen molar-refractivity contribution in [3.63, 3.8) is 0 Å². The summed E-state index contributed by atoms with van der Waals surface area (Å²) >= 11 is 6.74. The number of fused-ring (bicyclic) bond motifs is 2. The highest BCUT2D eigenvalue weighted by Gasteiger charge is 2.19. The van der Waals surface area contributed by atoms with Gasteiger partial charge in [-0.2, -0.15) is 0 Å². The molecule has 5 nitrogen and oxygen atoms in total. The maximum atomic E-state index is 6.74. The van der Waals surface area contributed by atoms with E-state index in [9.17, 15) is 0 Å².